The van der Waals surface area contributed by atoms with Gasteiger partial charge in [0.15, 0.2) is 0 Å². The molecule has 1 heterocycles. The Labute approximate surface area is 119 Å². The van der Waals surface area contributed by atoms with E-state index in [1.165, 1.54) is 0 Å². The van der Waals surface area contributed by atoms with Crippen molar-refractivity contribution in [2.24, 2.45) is 0 Å². The molecular formula is C15H22N2O3. The fourth-order valence-corrected chi connectivity index (χ4v) is 2.72. The van der Waals surface area contributed by atoms with E-state index in [1.807, 2.05) is 13.0 Å². The van der Waals surface area contributed by atoms with Gasteiger partial charge in [0, 0.05) is 31.9 Å². The lowest BCUT2D eigenvalue weighted by Gasteiger charge is -2.25. The molecule has 5 heteroatoms. The van der Waals surface area contributed by atoms with Crippen LogP contribution in [0.15, 0.2) is 18.2 Å². The Morgan fingerprint density at radius 2 is 2.05 bits per heavy atom. The van der Waals surface area contributed by atoms with Crippen molar-refractivity contribution < 1.29 is 15.0 Å². The summed E-state index contributed by atoms with van der Waals surface area (Å²) in [6.45, 7) is 6.70. The molecule has 0 bridgehead atoms. The van der Waals surface area contributed by atoms with Crippen molar-refractivity contribution in [3.63, 3.8) is 0 Å². The van der Waals surface area contributed by atoms with Crippen molar-refractivity contribution >= 4 is 11.7 Å². The summed E-state index contributed by atoms with van der Waals surface area (Å²) in [6.07, 6.45) is 1.06. The van der Waals surface area contributed by atoms with E-state index in [-0.39, 0.29) is 6.61 Å². The van der Waals surface area contributed by atoms with E-state index in [4.69, 9.17) is 10.2 Å². The molecule has 1 aromatic carbocycles. The van der Waals surface area contributed by atoms with Crippen molar-refractivity contribution in [1.82, 2.24) is 4.90 Å². The van der Waals surface area contributed by atoms with Gasteiger partial charge in [-0.15, -0.1) is 0 Å². The molecule has 20 heavy (non-hydrogen) atoms. The number of aryl methyl sites for hydroxylation is 1. The molecule has 0 unspecified atom stereocenters. The second-order valence-corrected chi connectivity index (χ2v) is 5.21. The number of β-amino-alcohol motifs (C(OH)–C–C–N with tert-alkyl or cyclic N) is 1. The van der Waals surface area contributed by atoms with Crippen molar-refractivity contribution in [3.8, 4) is 0 Å². The Hall–Kier alpha value is -1.59. The maximum absolute atomic E-state index is 11.0. The maximum atomic E-state index is 11.0. The molecule has 2 N–H and O–H groups in total. The van der Waals surface area contributed by atoms with Crippen LogP contribution in [0, 0.1) is 6.92 Å². The van der Waals surface area contributed by atoms with E-state index in [0.29, 0.717) is 5.56 Å². The number of hydrogen-bond donors (Lipinski definition) is 2. The van der Waals surface area contributed by atoms with Gasteiger partial charge in [-0.1, -0.05) is 0 Å². The highest BCUT2D eigenvalue weighted by atomic mass is 16.4. The third-order valence-corrected chi connectivity index (χ3v) is 3.79. The third kappa shape index (κ3) is 3.49. The summed E-state index contributed by atoms with van der Waals surface area (Å²) in [5, 5.41) is 18.0. The van der Waals surface area contributed by atoms with E-state index in [0.717, 1.165) is 50.4 Å². The molecule has 0 saturated carbocycles. The molecular weight excluding hydrogens is 256 g/mol. The summed E-state index contributed by atoms with van der Waals surface area (Å²) in [5.41, 5.74) is 2.45. The molecule has 1 aromatic rings. The zero-order valence-corrected chi connectivity index (χ0v) is 11.9. The molecule has 0 aliphatic carbocycles. The van der Waals surface area contributed by atoms with Crippen molar-refractivity contribution in [1.29, 1.82) is 0 Å². The van der Waals surface area contributed by atoms with Gasteiger partial charge in [-0.25, -0.2) is 4.79 Å². The number of carboxylic acids is 1. The second kappa shape index (κ2) is 6.72. The van der Waals surface area contributed by atoms with Gasteiger partial charge in [0.05, 0.1) is 12.2 Å². The highest BCUT2D eigenvalue weighted by molar-refractivity contribution is 5.88. The van der Waals surface area contributed by atoms with Crippen LogP contribution in [0.4, 0.5) is 5.69 Å². The van der Waals surface area contributed by atoms with Crippen LogP contribution in [-0.4, -0.2) is 60.4 Å². The molecule has 2 rings (SSSR count). The summed E-state index contributed by atoms with van der Waals surface area (Å²) < 4.78 is 0. The zero-order chi connectivity index (χ0) is 14.5. The number of carboxylic acid groups (broad SMARTS) is 1. The molecule has 0 aromatic heterocycles. The van der Waals surface area contributed by atoms with Gasteiger partial charge in [0.2, 0.25) is 0 Å². The molecule has 1 fully saturated rings. The van der Waals surface area contributed by atoms with E-state index >= 15 is 0 Å². The number of hydrogen-bond acceptors (Lipinski definition) is 4. The van der Waals surface area contributed by atoms with E-state index < -0.39 is 5.97 Å². The highest BCUT2D eigenvalue weighted by Gasteiger charge is 2.16. The first kappa shape index (κ1) is 14.8. The van der Waals surface area contributed by atoms with E-state index in [9.17, 15) is 4.79 Å². The first-order chi connectivity index (χ1) is 9.61. The van der Waals surface area contributed by atoms with Crippen LogP contribution < -0.4 is 4.90 Å². The van der Waals surface area contributed by atoms with Crippen LogP contribution in [0.3, 0.4) is 0 Å². The number of rotatable bonds is 4. The number of carbonyl (C=O) groups is 1. The Morgan fingerprint density at radius 3 is 2.70 bits per heavy atom. The predicted octanol–water partition coefficient (Wildman–Crippen LogP) is 1.20. The second-order valence-electron chi connectivity index (χ2n) is 5.21. The fraction of sp³-hybridized carbons (Fsp3) is 0.533. The van der Waals surface area contributed by atoms with Crippen LogP contribution in [0.25, 0.3) is 0 Å². The lowest BCUT2D eigenvalue weighted by atomic mass is 10.1. The van der Waals surface area contributed by atoms with Crippen LogP contribution >= 0.6 is 0 Å². The van der Waals surface area contributed by atoms with E-state index in [1.54, 1.807) is 12.1 Å². The molecule has 110 valence electrons. The number of anilines is 1. The third-order valence-electron chi connectivity index (χ3n) is 3.79. The van der Waals surface area contributed by atoms with Gasteiger partial charge in [-0.3, -0.25) is 4.90 Å². The number of nitrogens with zero attached hydrogens (tertiary/aromatic N) is 2. The highest BCUT2D eigenvalue weighted by Crippen LogP contribution is 2.22. The summed E-state index contributed by atoms with van der Waals surface area (Å²) >= 11 is 0. The molecule has 0 spiro atoms. The van der Waals surface area contributed by atoms with Gasteiger partial charge in [-0.05, 0) is 43.7 Å². The number of benzene rings is 1. The van der Waals surface area contributed by atoms with Gasteiger partial charge < -0.3 is 15.1 Å². The summed E-state index contributed by atoms with van der Waals surface area (Å²) in [7, 11) is 0. The van der Waals surface area contributed by atoms with Gasteiger partial charge >= 0.3 is 5.97 Å². The molecule has 1 aliphatic heterocycles. The Morgan fingerprint density at radius 1 is 1.25 bits per heavy atom. The van der Waals surface area contributed by atoms with Crippen LogP contribution in [0.5, 0.6) is 0 Å². The number of aromatic carboxylic acids is 1. The lowest BCUT2D eigenvalue weighted by molar-refractivity contribution is 0.0697. The molecule has 1 saturated heterocycles. The monoisotopic (exact) mass is 278 g/mol. The maximum Gasteiger partial charge on any atom is 0.335 e. The van der Waals surface area contributed by atoms with Gasteiger partial charge in [0.1, 0.15) is 0 Å². The quantitative estimate of drug-likeness (QED) is 0.866. The number of aliphatic hydroxyl groups is 1. The fourth-order valence-electron chi connectivity index (χ4n) is 2.72. The van der Waals surface area contributed by atoms with Crippen LogP contribution in [0.1, 0.15) is 22.3 Å². The minimum absolute atomic E-state index is 0.201. The molecule has 1 aliphatic rings. The molecule has 0 amide bonds. The largest absolute Gasteiger partial charge is 0.478 e. The Balaban J connectivity index is 2.09. The smallest absolute Gasteiger partial charge is 0.335 e. The first-order valence-corrected chi connectivity index (χ1v) is 7.04. The summed E-state index contributed by atoms with van der Waals surface area (Å²) in [5.74, 6) is -0.885. The average molecular weight is 278 g/mol. The normalized spacial score (nSPS) is 17.0. The first-order valence-electron chi connectivity index (χ1n) is 7.04. The Bertz CT molecular complexity index is 476. The number of aliphatic hydroxyl groups excluding tert-OH is 1. The van der Waals surface area contributed by atoms with Gasteiger partial charge in [-0.2, -0.15) is 0 Å². The lowest BCUT2D eigenvalue weighted by Crippen LogP contribution is -2.32. The topological polar surface area (TPSA) is 64.0 Å². The predicted molar refractivity (Wildman–Crippen MR) is 78.5 cm³/mol. The zero-order valence-electron chi connectivity index (χ0n) is 11.9. The minimum Gasteiger partial charge on any atom is -0.478 e. The van der Waals surface area contributed by atoms with Crippen LogP contribution in [0.2, 0.25) is 0 Å². The van der Waals surface area contributed by atoms with Crippen molar-refractivity contribution in [3.05, 3.63) is 29.3 Å². The molecule has 5 nitrogen and oxygen atoms in total. The standard InChI is InChI=1S/C15H22N2O3/c1-12-11-13(15(19)20)3-4-14(12)17-6-2-5-16(7-8-17)9-10-18/h3-4,11,18H,2,5-10H2,1H3,(H,19,20). The molecule has 0 radical (unpaired) electrons. The van der Waals surface area contributed by atoms with Crippen LogP contribution in [-0.2, 0) is 0 Å². The minimum atomic E-state index is -0.885. The Kier molecular flexibility index (Phi) is 4.98. The average Bonchev–Trinajstić information content (AvgIpc) is 2.65. The van der Waals surface area contributed by atoms with Crippen molar-refractivity contribution in [2.45, 2.75) is 13.3 Å². The van der Waals surface area contributed by atoms with Gasteiger partial charge in [0.25, 0.3) is 0 Å². The van der Waals surface area contributed by atoms with Crippen molar-refractivity contribution in [2.75, 3.05) is 44.2 Å². The van der Waals surface area contributed by atoms with E-state index in [2.05, 4.69) is 9.80 Å². The summed E-state index contributed by atoms with van der Waals surface area (Å²) in [6, 6.07) is 5.30. The summed E-state index contributed by atoms with van der Waals surface area (Å²) in [4.78, 5) is 15.5. The SMILES string of the molecule is Cc1cc(C(=O)O)ccc1N1CCCN(CCO)CC1. The molecule has 0 atom stereocenters.